The molecule has 3 rings (SSSR count). The molecule has 6 nitrogen and oxygen atoms in total. The van der Waals surface area contributed by atoms with E-state index >= 15 is 4.39 Å². The van der Waals surface area contributed by atoms with Gasteiger partial charge >= 0.3 is 5.69 Å². The molecule has 0 saturated heterocycles. The van der Waals surface area contributed by atoms with Crippen molar-refractivity contribution in [3.8, 4) is 0 Å². The summed E-state index contributed by atoms with van der Waals surface area (Å²) < 4.78 is 28.3. The number of nitrogens with two attached hydrogens (primary N) is 1. The van der Waals surface area contributed by atoms with Gasteiger partial charge < -0.3 is 15.2 Å². The molecule has 0 fully saturated rings. The van der Waals surface area contributed by atoms with Crippen LogP contribution in [0.4, 0.5) is 10.2 Å². The van der Waals surface area contributed by atoms with Crippen molar-refractivity contribution in [3.05, 3.63) is 94.5 Å². The number of aryl methyl sites for hydroxylation is 1. The molecule has 1 heterocycles. The number of alkyl halides is 1. The molecule has 158 valence electrons. The first-order chi connectivity index (χ1) is 14.5. The summed E-state index contributed by atoms with van der Waals surface area (Å²) in [5.41, 5.74) is 5.17. The van der Waals surface area contributed by atoms with Gasteiger partial charge in [-0.05, 0) is 17.2 Å². The first-order valence-electron chi connectivity index (χ1n) is 9.79. The Morgan fingerprint density at radius 2 is 1.43 bits per heavy atom. The number of benzene rings is 2. The minimum absolute atomic E-state index is 0.0437. The topological polar surface area (TPSA) is 79.4 Å². The zero-order chi connectivity index (χ0) is 21.2. The van der Waals surface area contributed by atoms with Crippen molar-refractivity contribution in [2.45, 2.75) is 31.8 Å². The lowest BCUT2D eigenvalue weighted by Gasteiger charge is -2.25. The van der Waals surface area contributed by atoms with Crippen molar-refractivity contribution in [2.24, 2.45) is 0 Å². The van der Waals surface area contributed by atoms with Gasteiger partial charge in [-0.15, -0.1) is 0 Å². The molecule has 1 aromatic heterocycles. The zero-order valence-corrected chi connectivity index (χ0v) is 16.7. The maximum absolute atomic E-state index is 15.7. The maximum Gasteiger partial charge on any atom is 0.349 e. The van der Waals surface area contributed by atoms with Gasteiger partial charge in [0.25, 0.3) is 0 Å². The van der Waals surface area contributed by atoms with Gasteiger partial charge in [0.2, 0.25) is 0 Å². The Labute approximate surface area is 175 Å². The smallest absolute Gasteiger partial charge is 0.349 e. The molecular weight excluding hydrogens is 385 g/mol. The first kappa shape index (κ1) is 21.7. The lowest BCUT2D eigenvalue weighted by atomic mass is 10.0. The van der Waals surface area contributed by atoms with E-state index in [0.717, 1.165) is 11.1 Å². The third-order valence-corrected chi connectivity index (χ3v) is 4.64. The predicted octanol–water partition coefficient (Wildman–Crippen LogP) is 3.36. The second kappa shape index (κ2) is 10.7. The van der Waals surface area contributed by atoms with Gasteiger partial charge in [0.05, 0.1) is 26.4 Å². The number of halogens is 1. The molecular formula is C23H26FN3O3. The fraction of sp³-hybridized carbons (Fsp3) is 0.304. The highest BCUT2D eigenvalue weighted by molar-refractivity contribution is 5.23. The van der Waals surface area contributed by atoms with Crippen LogP contribution in [-0.4, -0.2) is 28.4 Å². The lowest BCUT2D eigenvalue weighted by molar-refractivity contribution is -0.0594. The Bertz CT molecular complexity index is 919. The van der Waals surface area contributed by atoms with Crippen molar-refractivity contribution >= 4 is 5.82 Å². The third kappa shape index (κ3) is 6.79. The summed E-state index contributed by atoms with van der Waals surface area (Å²) in [6.07, 6.45) is 1.56. The summed E-state index contributed by atoms with van der Waals surface area (Å²) in [4.78, 5) is 15.6. The average Bonchev–Trinajstić information content (AvgIpc) is 2.75. The van der Waals surface area contributed by atoms with E-state index < -0.39 is 11.4 Å². The predicted molar refractivity (Wildman–Crippen MR) is 114 cm³/mol. The first-order valence-corrected chi connectivity index (χ1v) is 9.79. The van der Waals surface area contributed by atoms with E-state index in [4.69, 9.17) is 15.2 Å². The number of nitrogens with zero attached hydrogens (tertiary/aromatic N) is 2. The molecule has 0 atom stereocenters. The van der Waals surface area contributed by atoms with Gasteiger partial charge in [-0.25, -0.2) is 9.18 Å². The van der Waals surface area contributed by atoms with Crippen LogP contribution in [0.25, 0.3) is 0 Å². The van der Waals surface area contributed by atoms with Crippen LogP contribution in [0.15, 0.2) is 77.7 Å². The van der Waals surface area contributed by atoms with Gasteiger partial charge in [-0.1, -0.05) is 60.7 Å². The number of hydrogen-bond acceptors (Lipinski definition) is 5. The van der Waals surface area contributed by atoms with Gasteiger partial charge in [0, 0.05) is 19.2 Å². The minimum atomic E-state index is -1.76. The fourth-order valence-electron chi connectivity index (χ4n) is 2.97. The molecule has 7 heteroatoms. The van der Waals surface area contributed by atoms with E-state index in [1.807, 2.05) is 60.7 Å². The summed E-state index contributed by atoms with van der Waals surface area (Å²) in [7, 11) is 0. The number of aromatic nitrogens is 2. The van der Waals surface area contributed by atoms with Crippen molar-refractivity contribution < 1.29 is 13.9 Å². The molecule has 2 N–H and O–H groups in total. The number of rotatable bonds is 11. The Morgan fingerprint density at radius 1 is 0.900 bits per heavy atom. The fourth-order valence-corrected chi connectivity index (χ4v) is 2.97. The van der Waals surface area contributed by atoms with E-state index in [1.165, 1.54) is 16.8 Å². The van der Waals surface area contributed by atoms with E-state index in [9.17, 15) is 4.79 Å². The van der Waals surface area contributed by atoms with Crippen LogP contribution in [-0.2, 0) is 29.2 Å². The lowest BCUT2D eigenvalue weighted by Crippen LogP contribution is -2.37. The molecule has 3 aromatic rings. The van der Waals surface area contributed by atoms with E-state index in [1.54, 1.807) is 0 Å². The van der Waals surface area contributed by atoms with Crippen LogP contribution >= 0.6 is 0 Å². The largest absolute Gasteiger partial charge is 0.383 e. The Kier molecular flexibility index (Phi) is 7.70. The second-order valence-corrected chi connectivity index (χ2v) is 7.19. The second-order valence-electron chi connectivity index (χ2n) is 7.19. The molecule has 0 bridgehead atoms. The average molecular weight is 411 g/mol. The summed E-state index contributed by atoms with van der Waals surface area (Å²) in [5, 5.41) is 0. The van der Waals surface area contributed by atoms with E-state index in [-0.39, 0.29) is 32.0 Å². The molecule has 0 amide bonds. The van der Waals surface area contributed by atoms with Crippen LogP contribution in [0.1, 0.15) is 17.5 Å². The zero-order valence-electron chi connectivity index (χ0n) is 16.7. The SMILES string of the molecule is Nc1ccn(CCC(F)(COCc2ccccc2)COCc2ccccc2)c(=O)n1. The monoisotopic (exact) mass is 411 g/mol. The highest BCUT2D eigenvalue weighted by Crippen LogP contribution is 2.20. The van der Waals surface area contributed by atoms with E-state index in [0.29, 0.717) is 13.2 Å². The van der Waals surface area contributed by atoms with Crippen molar-refractivity contribution in [2.75, 3.05) is 18.9 Å². The number of ether oxygens (including phenoxy) is 2. The number of anilines is 1. The van der Waals surface area contributed by atoms with Crippen LogP contribution in [0.5, 0.6) is 0 Å². The van der Waals surface area contributed by atoms with Crippen LogP contribution in [0.3, 0.4) is 0 Å². The standard InChI is InChI=1S/C23H26FN3O3/c24-23(17-29-15-19-7-3-1-4-8-19,18-30-16-20-9-5-2-6-10-20)12-14-27-13-11-21(25)26-22(27)28/h1-11,13H,12,14-18H2,(H2,25,26,28). The molecule has 0 spiro atoms. The van der Waals surface area contributed by atoms with Gasteiger partial charge in [0.1, 0.15) is 5.82 Å². The van der Waals surface area contributed by atoms with Gasteiger partial charge in [-0.3, -0.25) is 4.57 Å². The van der Waals surface area contributed by atoms with Gasteiger partial charge in [0.15, 0.2) is 5.67 Å². The van der Waals surface area contributed by atoms with Crippen LogP contribution in [0, 0.1) is 0 Å². The molecule has 0 unspecified atom stereocenters. The maximum atomic E-state index is 15.7. The Hall–Kier alpha value is -3.03. The van der Waals surface area contributed by atoms with Crippen molar-refractivity contribution in [3.63, 3.8) is 0 Å². The number of nitrogen functional groups attached to an aromatic ring is 1. The molecule has 0 aliphatic rings. The highest BCUT2D eigenvalue weighted by Gasteiger charge is 2.31. The molecule has 0 aliphatic carbocycles. The Morgan fingerprint density at radius 3 is 1.93 bits per heavy atom. The quantitative estimate of drug-likeness (QED) is 0.523. The van der Waals surface area contributed by atoms with E-state index in [2.05, 4.69) is 4.98 Å². The minimum Gasteiger partial charge on any atom is -0.383 e. The van der Waals surface area contributed by atoms with Crippen molar-refractivity contribution in [1.82, 2.24) is 9.55 Å². The molecule has 0 radical (unpaired) electrons. The van der Waals surface area contributed by atoms with Crippen LogP contribution in [0.2, 0.25) is 0 Å². The molecule has 0 saturated carbocycles. The summed E-state index contributed by atoms with van der Waals surface area (Å²) in [6.45, 7) is 0.455. The Balaban J connectivity index is 1.60. The summed E-state index contributed by atoms with van der Waals surface area (Å²) in [6, 6.07) is 20.7. The highest BCUT2D eigenvalue weighted by atomic mass is 19.1. The molecule has 2 aromatic carbocycles. The molecule has 30 heavy (non-hydrogen) atoms. The van der Waals surface area contributed by atoms with Crippen molar-refractivity contribution in [1.29, 1.82) is 0 Å². The number of hydrogen-bond donors (Lipinski definition) is 1. The van der Waals surface area contributed by atoms with Crippen LogP contribution < -0.4 is 11.4 Å². The summed E-state index contributed by atoms with van der Waals surface area (Å²) in [5.74, 6) is 0.139. The third-order valence-electron chi connectivity index (χ3n) is 4.64. The normalized spacial score (nSPS) is 11.5. The molecule has 0 aliphatic heterocycles. The summed E-state index contributed by atoms with van der Waals surface area (Å²) >= 11 is 0. The van der Waals surface area contributed by atoms with Gasteiger partial charge in [-0.2, -0.15) is 4.98 Å².